The molecule has 2 unspecified atom stereocenters. The van der Waals surface area contributed by atoms with Gasteiger partial charge in [-0.25, -0.2) is 0 Å². The molecule has 0 aromatic carbocycles. The molecule has 0 spiro atoms. The van der Waals surface area contributed by atoms with Gasteiger partial charge in [-0.3, -0.25) is 4.21 Å². The maximum atomic E-state index is 11.8. The Kier molecular flexibility index (Phi) is 5.41. The Morgan fingerprint density at radius 2 is 2.06 bits per heavy atom. The standard InChI is InChI=1S/C12H25NO2S/c1-12(2,3)16(14)8-7-13-11(9-15-4)10-5-6-10/h10-11,13H,5-9H2,1-4H3. The monoisotopic (exact) mass is 247 g/mol. The molecule has 0 aromatic heterocycles. The summed E-state index contributed by atoms with van der Waals surface area (Å²) < 4.78 is 16.9. The van der Waals surface area contributed by atoms with Crippen molar-refractivity contribution >= 4 is 10.8 Å². The zero-order valence-corrected chi connectivity index (χ0v) is 11.7. The van der Waals surface area contributed by atoms with Gasteiger partial charge in [0.25, 0.3) is 0 Å². The van der Waals surface area contributed by atoms with E-state index < -0.39 is 10.8 Å². The average molecular weight is 247 g/mol. The predicted octanol–water partition coefficient (Wildman–Crippen LogP) is 1.55. The van der Waals surface area contributed by atoms with E-state index in [9.17, 15) is 4.21 Å². The third-order valence-corrected chi connectivity index (χ3v) is 4.86. The van der Waals surface area contributed by atoms with E-state index in [0.29, 0.717) is 6.04 Å². The van der Waals surface area contributed by atoms with Crippen molar-refractivity contribution in [2.24, 2.45) is 5.92 Å². The third-order valence-electron chi connectivity index (χ3n) is 2.91. The van der Waals surface area contributed by atoms with Gasteiger partial charge in [-0.2, -0.15) is 0 Å². The molecule has 0 aromatic rings. The first kappa shape index (κ1) is 14.1. The van der Waals surface area contributed by atoms with Crippen LogP contribution < -0.4 is 5.32 Å². The highest BCUT2D eigenvalue weighted by molar-refractivity contribution is 7.86. The first-order valence-electron chi connectivity index (χ1n) is 6.06. The molecule has 1 saturated carbocycles. The lowest BCUT2D eigenvalue weighted by molar-refractivity contribution is 0.159. The van der Waals surface area contributed by atoms with Crippen molar-refractivity contribution in [3.05, 3.63) is 0 Å². The number of hydrogen-bond acceptors (Lipinski definition) is 3. The maximum absolute atomic E-state index is 11.8. The predicted molar refractivity (Wildman–Crippen MR) is 69.2 cm³/mol. The second-order valence-corrected chi connectivity index (χ2v) is 7.84. The molecule has 2 atom stereocenters. The van der Waals surface area contributed by atoms with Crippen LogP contribution >= 0.6 is 0 Å². The summed E-state index contributed by atoms with van der Waals surface area (Å²) in [6.07, 6.45) is 2.62. The first-order valence-corrected chi connectivity index (χ1v) is 7.38. The van der Waals surface area contributed by atoms with Crippen molar-refractivity contribution in [1.82, 2.24) is 5.32 Å². The van der Waals surface area contributed by atoms with E-state index in [0.717, 1.165) is 24.8 Å². The first-order chi connectivity index (χ1) is 7.45. The molecule has 3 nitrogen and oxygen atoms in total. The van der Waals surface area contributed by atoms with E-state index in [2.05, 4.69) is 5.32 Å². The Morgan fingerprint density at radius 3 is 2.50 bits per heavy atom. The lowest BCUT2D eigenvalue weighted by Crippen LogP contribution is -2.39. The highest BCUT2D eigenvalue weighted by Crippen LogP contribution is 2.32. The average Bonchev–Trinajstić information content (AvgIpc) is 2.98. The Balaban J connectivity index is 2.20. The van der Waals surface area contributed by atoms with Crippen molar-refractivity contribution in [3.8, 4) is 0 Å². The highest BCUT2D eigenvalue weighted by atomic mass is 32.2. The van der Waals surface area contributed by atoms with Crippen LogP contribution in [-0.4, -0.2) is 41.0 Å². The normalized spacial score (nSPS) is 20.8. The van der Waals surface area contributed by atoms with E-state index in [4.69, 9.17) is 4.74 Å². The molecule has 0 bridgehead atoms. The minimum Gasteiger partial charge on any atom is -0.383 e. The molecular weight excluding hydrogens is 222 g/mol. The Labute approximate surface area is 102 Å². The molecule has 4 heteroatoms. The van der Waals surface area contributed by atoms with E-state index in [1.165, 1.54) is 12.8 Å². The number of hydrogen-bond donors (Lipinski definition) is 1. The van der Waals surface area contributed by atoms with Gasteiger partial charge in [0.1, 0.15) is 0 Å². The SMILES string of the molecule is COCC(NCCS(=O)C(C)(C)C)C1CC1. The quantitative estimate of drug-likeness (QED) is 0.742. The van der Waals surface area contributed by atoms with Gasteiger partial charge in [0, 0.05) is 41.0 Å². The number of nitrogens with one attached hydrogen (secondary N) is 1. The fourth-order valence-corrected chi connectivity index (χ4v) is 2.60. The summed E-state index contributed by atoms with van der Waals surface area (Å²) in [5, 5.41) is 3.47. The van der Waals surface area contributed by atoms with Crippen LogP contribution in [0.25, 0.3) is 0 Å². The number of methoxy groups -OCH3 is 1. The molecule has 1 fully saturated rings. The van der Waals surface area contributed by atoms with Crippen molar-refractivity contribution < 1.29 is 8.95 Å². The molecule has 1 aliphatic rings. The zero-order valence-electron chi connectivity index (χ0n) is 10.9. The van der Waals surface area contributed by atoms with Crippen molar-refractivity contribution in [1.29, 1.82) is 0 Å². The van der Waals surface area contributed by atoms with Crippen LogP contribution in [0.2, 0.25) is 0 Å². The summed E-state index contributed by atoms with van der Waals surface area (Å²) in [6, 6.07) is 0.460. The molecule has 1 rings (SSSR count). The van der Waals surface area contributed by atoms with Crippen LogP contribution in [0, 0.1) is 5.92 Å². The molecule has 0 saturated heterocycles. The second kappa shape index (κ2) is 6.12. The summed E-state index contributed by atoms with van der Waals surface area (Å²) >= 11 is 0. The van der Waals surface area contributed by atoms with Crippen LogP contribution in [-0.2, 0) is 15.5 Å². The molecular formula is C12H25NO2S. The van der Waals surface area contributed by atoms with E-state index >= 15 is 0 Å². The van der Waals surface area contributed by atoms with Crippen LogP contribution in [0.15, 0.2) is 0 Å². The van der Waals surface area contributed by atoms with Gasteiger partial charge < -0.3 is 10.1 Å². The van der Waals surface area contributed by atoms with E-state index in [1.54, 1.807) is 7.11 Å². The lowest BCUT2D eigenvalue weighted by Gasteiger charge is -2.20. The van der Waals surface area contributed by atoms with Crippen LogP contribution in [0.5, 0.6) is 0 Å². The molecule has 16 heavy (non-hydrogen) atoms. The van der Waals surface area contributed by atoms with Crippen LogP contribution in [0.1, 0.15) is 33.6 Å². The number of ether oxygens (including phenoxy) is 1. The molecule has 1 N–H and O–H groups in total. The topological polar surface area (TPSA) is 38.3 Å². The summed E-state index contributed by atoms with van der Waals surface area (Å²) in [7, 11) is 0.987. The Hall–Kier alpha value is 0.0700. The van der Waals surface area contributed by atoms with Crippen LogP contribution in [0.4, 0.5) is 0 Å². The van der Waals surface area contributed by atoms with E-state index in [-0.39, 0.29) is 4.75 Å². The van der Waals surface area contributed by atoms with Crippen molar-refractivity contribution in [2.45, 2.75) is 44.4 Å². The van der Waals surface area contributed by atoms with Crippen molar-refractivity contribution in [2.75, 3.05) is 26.0 Å². The number of rotatable bonds is 7. The lowest BCUT2D eigenvalue weighted by atomic mass is 10.2. The van der Waals surface area contributed by atoms with Crippen molar-refractivity contribution in [3.63, 3.8) is 0 Å². The Morgan fingerprint density at radius 1 is 1.44 bits per heavy atom. The molecule has 0 aliphatic heterocycles. The summed E-state index contributed by atoms with van der Waals surface area (Å²) in [5.74, 6) is 1.51. The molecule has 96 valence electrons. The summed E-state index contributed by atoms with van der Waals surface area (Å²) in [6.45, 7) is 7.67. The zero-order chi connectivity index (χ0) is 12.2. The second-order valence-electron chi connectivity index (χ2n) is 5.52. The van der Waals surface area contributed by atoms with Gasteiger partial charge >= 0.3 is 0 Å². The maximum Gasteiger partial charge on any atom is 0.0618 e. The van der Waals surface area contributed by atoms with Crippen LogP contribution in [0.3, 0.4) is 0 Å². The van der Waals surface area contributed by atoms with E-state index in [1.807, 2.05) is 20.8 Å². The smallest absolute Gasteiger partial charge is 0.0618 e. The van der Waals surface area contributed by atoms with Gasteiger partial charge in [0.15, 0.2) is 0 Å². The summed E-state index contributed by atoms with van der Waals surface area (Å²) in [4.78, 5) is 0. The minimum absolute atomic E-state index is 0.0992. The fraction of sp³-hybridized carbons (Fsp3) is 1.00. The summed E-state index contributed by atoms with van der Waals surface area (Å²) in [5.41, 5.74) is 0. The third kappa shape index (κ3) is 4.93. The Bertz CT molecular complexity index is 234. The highest BCUT2D eigenvalue weighted by Gasteiger charge is 2.30. The van der Waals surface area contributed by atoms with Gasteiger partial charge in [-0.05, 0) is 39.5 Å². The largest absolute Gasteiger partial charge is 0.383 e. The van der Waals surface area contributed by atoms with Gasteiger partial charge in [-0.15, -0.1) is 0 Å². The minimum atomic E-state index is -0.754. The van der Waals surface area contributed by atoms with Gasteiger partial charge in [-0.1, -0.05) is 0 Å². The molecule has 0 amide bonds. The van der Waals surface area contributed by atoms with Gasteiger partial charge in [0.05, 0.1) is 6.61 Å². The van der Waals surface area contributed by atoms with Gasteiger partial charge in [0.2, 0.25) is 0 Å². The molecule has 0 radical (unpaired) electrons. The fourth-order valence-electron chi connectivity index (χ4n) is 1.68. The molecule has 0 heterocycles. The molecule has 1 aliphatic carbocycles.